The number of ketones is 2. The number of phenols is 1. The molecule has 11 heteroatoms. The zero-order valence-corrected chi connectivity index (χ0v) is 21.8. The molecule has 0 bridgehead atoms. The minimum atomic E-state index is -1.57. The molecule has 1 aromatic heterocycles. The molecule has 0 radical (unpaired) electrons. The molecule has 8 rings (SSSR count). The molecule has 3 aromatic rings. The molecule has 3 N–H and O–H groups in total. The number of carbonyl (C=O) groups is 2. The van der Waals surface area contributed by atoms with Crippen LogP contribution < -0.4 is 5.43 Å². The van der Waals surface area contributed by atoms with E-state index in [1.807, 2.05) is 6.92 Å². The van der Waals surface area contributed by atoms with Gasteiger partial charge in [-0.15, -0.1) is 0 Å². The van der Waals surface area contributed by atoms with Crippen LogP contribution in [0, 0.1) is 6.92 Å². The Balaban J connectivity index is 1.30. The summed E-state index contributed by atoms with van der Waals surface area (Å²) in [6, 6.07) is 4.53. The van der Waals surface area contributed by atoms with E-state index in [1.54, 1.807) is 13.0 Å². The number of fused-ring (bicyclic) bond motifs is 5. The van der Waals surface area contributed by atoms with Crippen molar-refractivity contribution in [3.8, 4) is 5.75 Å². The second-order valence-corrected chi connectivity index (χ2v) is 11.7. The molecule has 5 heterocycles. The van der Waals surface area contributed by atoms with E-state index >= 15 is 0 Å². The van der Waals surface area contributed by atoms with Crippen LogP contribution in [-0.4, -0.2) is 75.7 Å². The van der Waals surface area contributed by atoms with Crippen molar-refractivity contribution in [1.29, 1.82) is 0 Å². The van der Waals surface area contributed by atoms with Crippen LogP contribution >= 0.6 is 0 Å². The number of rotatable bonds is 3. The summed E-state index contributed by atoms with van der Waals surface area (Å²) in [5, 5.41) is 34.0. The molecule has 4 fully saturated rings. The second kappa shape index (κ2) is 7.55. The third kappa shape index (κ3) is 2.97. The maximum Gasteiger partial charge on any atom is 0.195 e. The largest absolute Gasteiger partial charge is 0.507 e. The fourth-order valence-electron chi connectivity index (χ4n) is 6.83. The lowest BCUT2D eigenvalue weighted by atomic mass is 9.74. The molecule has 4 saturated heterocycles. The molecule has 5 aliphatic rings. The van der Waals surface area contributed by atoms with Gasteiger partial charge < -0.3 is 38.7 Å². The lowest BCUT2D eigenvalue weighted by Crippen LogP contribution is -2.53. The molecular formula is C29H26O11. The summed E-state index contributed by atoms with van der Waals surface area (Å²) < 4.78 is 29.1. The van der Waals surface area contributed by atoms with Gasteiger partial charge in [-0.1, -0.05) is 0 Å². The minimum Gasteiger partial charge on any atom is -0.507 e. The van der Waals surface area contributed by atoms with E-state index in [4.69, 9.17) is 23.4 Å². The number of hydrogen-bond donors (Lipinski definition) is 3. The smallest absolute Gasteiger partial charge is 0.195 e. The van der Waals surface area contributed by atoms with Gasteiger partial charge in [-0.2, -0.15) is 0 Å². The lowest BCUT2D eigenvalue weighted by Gasteiger charge is -2.38. The first-order chi connectivity index (χ1) is 19.0. The lowest BCUT2D eigenvalue weighted by molar-refractivity contribution is -0.169. The first kappa shape index (κ1) is 24.6. The van der Waals surface area contributed by atoms with Crippen molar-refractivity contribution in [2.24, 2.45) is 0 Å². The molecule has 11 nitrogen and oxygen atoms in total. The van der Waals surface area contributed by atoms with Crippen molar-refractivity contribution in [2.75, 3.05) is 6.61 Å². The van der Waals surface area contributed by atoms with Gasteiger partial charge in [-0.05, 0) is 38.5 Å². The van der Waals surface area contributed by atoms with Gasteiger partial charge in [0, 0.05) is 34.4 Å². The number of carbonyl (C=O) groups excluding carboxylic acids is 2. The van der Waals surface area contributed by atoms with E-state index in [1.165, 1.54) is 19.1 Å². The summed E-state index contributed by atoms with van der Waals surface area (Å²) in [4.78, 5) is 39.3. The van der Waals surface area contributed by atoms with Gasteiger partial charge in [-0.25, -0.2) is 0 Å². The second-order valence-electron chi connectivity index (χ2n) is 11.7. The van der Waals surface area contributed by atoms with Gasteiger partial charge in [0.15, 0.2) is 34.3 Å². The first-order valence-electron chi connectivity index (χ1n) is 13.3. The van der Waals surface area contributed by atoms with E-state index in [2.05, 4.69) is 0 Å². The molecule has 2 aromatic carbocycles. The van der Waals surface area contributed by atoms with Crippen molar-refractivity contribution in [3.05, 3.63) is 50.9 Å². The van der Waals surface area contributed by atoms with Crippen LogP contribution in [0.1, 0.15) is 53.6 Å². The highest BCUT2D eigenvalue weighted by Gasteiger charge is 2.74. The summed E-state index contributed by atoms with van der Waals surface area (Å²) in [5.74, 6) is -1.01. The number of aliphatic hydroxyl groups excluding tert-OH is 2. The van der Waals surface area contributed by atoms with Crippen LogP contribution in [0.3, 0.4) is 0 Å². The number of aryl methyl sites for hydroxylation is 1. The van der Waals surface area contributed by atoms with Crippen LogP contribution in [-0.2, 0) is 29.3 Å². The summed E-state index contributed by atoms with van der Waals surface area (Å²) in [7, 11) is 0. The number of aromatic hydroxyl groups is 1. The summed E-state index contributed by atoms with van der Waals surface area (Å²) >= 11 is 0. The molecule has 1 aliphatic carbocycles. The van der Waals surface area contributed by atoms with Crippen molar-refractivity contribution in [2.45, 2.75) is 81.1 Å². The third-order valence-corrected chi connectivity index (χ3v) is 9.29. The molecule has 0 amide bonds. The van der Waals surface area contributed by atoms with Gasteiger partial charge in [-0.3, -0.25) is 14.4 Å². The van der Waals surface area contributed by atoms with E-state index in [-0.39, 0.29) is 51.9 Å². The maximum atomic E-state index is 13.6. The summed E-state index contributed by atoms with van der Waals surface area (Å²) in [6.45, 7) is 5.64. The predicted octanol–water partition coefficient (Wildman–Crippen LogP) is 1.45. The van der Waals surface area contributed by atoms with Crippen LogP contribution in [0.4, 0.5) is 0 Å². The molecule has 4 aliphatic heterocycles. The van der Waals surface area contributed by atoms with Crippen LogP contribution in [0.25, 0.3) is 21.7 Å². The average molecular weight is 551 g/mol. The Morgan fingerprint density at radius 3 is 2.50 bits per heavy atom. The van der Waals surface area contributed by atoms with Crippen molar-refractivity contribution in [3.63, 3.8) is 0 Å². The van der Waals surface area contributed by atoms with E-state index < -0.39 is 53.3 Å². The van der Waals surface area contributed by atoms with E-state index in [0.29, 0.717) is 28.7 Å². The Bertz CT molecular complexity index is 1750. The Morgan fingerprint density at radius 1 is 1.05 bits per heavy atom. The zero-order chi connectivity index (χ0) is 28.0. The van der Waals surface area contributed by atoms with Crippen LogP contribution in [0.5, 0.6) is 5.75 Å². The number of ether oxygens (including phenoxy) is 4. The molecule has 208 valence electrons. The van der Waals surface area contributed by atoms with Gasteiger partial charge in [0.05, 0.1) is 24.2 Å². The number of aliphatic hydroxyl groups is 2. The quantitative estimate of drug-likeness (QED) is 0.318. The highest BCUT2D eigenvalue weighted by Crippen LogP contribution is 2.60. The average Bonchev–Trinajstić information content (AvgIpc) is 3.79. The monoisotopic (exact) mass is 550 g/mol. The zero-order valence-electron chi connectivity index (χ0n) is 21.8. The fraction of sp³-hybridized carbons (Fsp3) is 0.483. The summed E-state index contributed by atoms with van der Waals surface area (Å²) in [5.41, 5.74) is -1.96. The van der Waals surface area contributed by atoms with Gasteiger partial charge in [0.25, 0.3) is 0 Å². The van der Waals surface area contributed by atoms with Crippen molar-refractivity contribution in [1.82, 2.24) is 0 Å². The molecule has 0 saturated carbocycles. The van der Waals surface area contributed by atoms with Crippen LogP contribution in [0.15, 0.2) is 27.4 Å². The minimum absolute atomic E-state index is 0.0298. The summed E-state index contributed by atoms with van der Waals surface area (Å²) in [6.07, 6.45) is -6.30. The highest BCUT2D eigenvalue weighted by molar-refractivity contribution is 6.14. The molecular weight excluding hydrogens is 524 g/mol. The van der Waals surface area contributed by atoms with Crippen molar-refractivity contribution >= 4 is 33.3 Å². The molecule has 0 unspecified atom stereocenters. The SMILES string of the molecule is Cc1cc2c(O)c3c(cc2c2oc([C@]4(C)O[C@H]4[C@@H]4CO4)cc(=O)c12)C(=O)[C@@H]1O[C@]1([C@@H]1CC(=O)[C@@H](O)[C@H](C)O1)[C@H]3O. The number of epoxide rings is 3. The number of phenolic OH excluding ortho intramolecular Hbond substituents is 1. The number of Topliss-reactive ketones (excluding diaryl/α,β-unsaturated/α-hetero) is 2. The number of hydrogen-bond acceptors (Lipinski definition) is 11. The van der Waals surface area contributed by atoms with Gasteiger partial charge in [0.2, 0.25) is 0 Å². The Hall–Kier alpha value is -3.19. The normalized spacial score (nSPS) is 39.8. The van der Waals surface area contributed by atoms with Crippen LogP contribution in [0.2, 0.25) is 0 Å². The van der Waals surface area contributed by atoms with Crippen molar-refractivity contribution < 1.29 is 48.3 Å². The molecule has 40 heavy (non-hydrogen) atoms. The third-order valence-electron chi connectivity index (χ3n) is 9.29. The predicted molar refractivity (Wildman–Crippen MR) is 135 cm³/mol. The number of benzene rings is 2. The Kier molecular flexibility index (Phi) is 4.64. The highest BCUT2D eigenvalue weighted by atomic mass is 16.7. The molecule has 9 atom stereocenters. The molecule has 0 spiro atoms. The standard InChI is InChI=1S/C29H26O11/c1-9-4-11-12(24-19(9)14(30)6-17(38-24)28(3)26(39-28)16-8-36-16)5-13-20(22(11)33)25(35)29(27(40-29)23(13)34)18-7-15(31)21(32)10(2)37-18/h4-6,10,16,18,21,25-27,32-33,35H,7-8H2,1-3H3/t10-,16-,18-,21-,25-,26-,27-,28-,29+/m0/s1. The Morgan fingerprint density at radius 2 is 1.80 bits per heavy atom. The van der Waals surface area contributed by atoms with Gasteiger partial charge in [0.1, 0.15) is 41.5 Å². The van der Waals surface area contributed by atoms with E-state index in [9.17, 15) is 29.7 Å². The maximum absolute atomic E-state index is 13.6. The van der Waals surface area contributed by atoms with E-state index in [0.717, 1.165) is 0 Å². The Labute approximate surface area is 226 Å². The topological polar surface area (TPSA) is 172 Å². The fourth-order valence-corrected chi connectivity index (χ4v) is 6.83. The first-order valence-corrected chi connectivity index (χ1v) is 13.3. The van der Waals surface area contributed by atoms with Gasteiger partial charge >= 0.3 is 0 Å².